The number of nitrogens with two attached hydrogens (primary N) is 1. The fourth-order valence-electron chi connectivity index (χ4n) is 2.04. The van der Waals surface area contributed by atoms with E-state index in [-0.39, 0.29) is 4.90 Å². The lowest BCUT2D eigenvalue weighted by Crippen LogP contribution is -2.27. The van der Waals surface area contributed by atoms with Crippen LogP contribution in [0.2, 0.25) is 0 Å². The molecule has 0 saturated carbocycles. The van der Waals surface area contributed by atoms with Crippen molar-refractivity contribution in [3.63, 3.8) is 0 Å². The summed E-state index contributed by atoms with van der Waals surface area (Å²) in [7, 11) is -2.30. The average Bonchev–Trinajstić information content (AvgIpc) is 2.47. The minimum absolute atomic E-state index is 0.178. The van der Waals surface area contributed by atoms with Gasteiger partial charge in [0.2, 0.25) is 0 Å². The van der Waals surface area contributed by atoms with Crippen LogP contribution in [0.25, 0.3) is 0 Å². The predicted octanol–water partition coefficient (Wildman–Crippen LogP) is 2.80. The van der Waals surface area contributed by atoms with Gasteiger partial charge in [-0.05, 0) is 48.4 Å². The van der Waals surface area contributed by atoms with Gasteiger partial charge in [0.05, 0.1) is 10.6 Å². The van der Waals surface area contributed by atoms with E-state index in [9.17, 15) is 12.8 Å². The van der Waals surface area contributed by atoms with Crippen molar-refractivity contribution in [1.29, 1.82) is 0 Å². The Morgan fingerprint density at radius 3 is 2.33 bits per heavy atom. The summed E-state index contributed by atoms with van der Waals surface area (Å²) in [4.78, 5) is 0.178. The van der Waals surface area contributed by atoms with Crippen molar-refractivity contribution < 1.29 is 12.8 Å². The summed E-state index contributed by atoms with van der Waals surface area (Å²) >= 11 is 0. The molecule has 2 aromatic rings. The van der Waals surface area contributed by atoms with Crippen molar-refractivity contribution in [3.8, 4) is 0 Å². The van der Waals surface area contributed by atoms with Crippen LogP contribution in [-0.2, 0) is 16.4 Å². The summed E-state index contributed by atoms with van der Waals surface area (Å²) < 4.78 is 39.5. The van der Waals surface area contributed by atoms with Crippen molar-refractivity contribution in [2.75, 3.05) is 17.1 Å². The molecule has 2 N–H and O–H groups in total. The van der Waals surface area contributed by atoms with E-state index in [0.717, 1.165) is 4.31 Å². The van der Waals surface area contributed by atoms with Crippen LogP contribution in [0.5, 0.6) is 0 Å². The lowest BCUT2D eigenvalue weighted by Gasteiger charge is -2.21. The molecule has 0 bridgehead atoms. The Morgan fingerprint density at radius 1 is 1.14 bits per heavy atom. The zero-order chi connectivity index (χ0) is 15.6. The molecule has 0 saturated heterocycles. The first-order valence-electron chi connectivity index (χ1n) is 6.49. The first kappa shape index (κ1) is 15.3. The number of benzene rings is 2. The third-order valence-corrected chi connectivity index (χ3v) is 5.17. The minimum atomic E-state index is -3.74. The van der Waals surface area contributed by atoms with Gasteiger partial charge in [0, 0.05) is 12.7 Å². The number of halogens is 1. The lowest BCUT2D eigenvalue weighted by atomic mass is 10.1. The topological polar surface area (TPSA) is 63.4 Å². The van der Waals surface area contributed by atoms with E-state index in [1.807, 2.05) is 6.92 Å². The molecule has 112 valence electrons. The number of hydrogen-bond donors (Lipinski definition) is 1. The monoisotopic (exact) mass is 308 g/mol. The molecule has 0 aliphatic heterocycles. The standard InChI is InChI=1S/C15H17FN2O2S/c1-3-11-4-7-13(17)10-15(11)21(19,20)18(2)14-8-5-12(16)6-9-14/h4-10H,3,17H2,1-2H3. The highest BCUT2D eigenvalue weighted by atomic mass is 32.2. The Labute approximate surface area is 124 Å². The number of rotatable bonds is 4. The Bertz CT molecular complexity index is 743. The predicted molar refractivity (Wildman–Crippen MR) is 82.2 cm³/mol. The van der Waals surface area contributed by atoms with Gasteiger partial charge in [-0.2, -0.15) is 0 Å². The molecular weight excluding hydrogens is 291 g/mol. The zero-order valence-electron chi connectivity index (χ0n) is 11.9. The van der Waals surface area contributed by atoms with E-state index in [0.29, 0.717) is 23.4 Å². The van der Waals surface area contributed by atoms with E-state index < -0.39 is 15.8 Å². The molecule has 0 aliphatic rings. The summed E-state index contributed by atoms with van der Waals surface area (Å²) in [6.07, 6.45) is 0.575. The maximum Gasteiger partial charge on any atom is 0.264 e. The molecule has 0 radical (unpaired) electrons. The number of aryl methyl sites for hydroxylation is 1. The van der Waals surface area contributed by atoms with Crippen LogP contribution in [0.3, 0.4) is 0 Å². The van der Waals surface area contributed by atoms with Gasteiger partial charge in [0.25, 0.3) is 10.0 Å². The molecule has 0 fully saturated rings. The fourth-order valence-corrected chi connectivity index (χ4v) is 3.56. The van der Waals surface area contributed by atoms with E-state index in [1.165, 1.54) is 37.4 Å². The van der Waals surface area contributed by atoms with Gasteiger partial charge in [0.15, 0.2) is 0 Å². The Balaban J connectivity index is 2.51. The van der Waals surface area contributed by atoms with Crippen molar-refractivity contribution in [2.45, 2.75) is 18.2 Å². The fraction of sp³-hybridized carbons (Fsp3) is 0.200. The Morgan fingerprint density at radius 2 is 1.76 bits per heavy atom. The second-order valence-corrected chi connectivity index (χ2v) is 6.61. The summed E-state index contributed by atoms with van der Waals surface area (Å²) in [5.74, 6) is -0.414. The molecule has 0 heterocycles. The first-order chi connectivity index (χ1) is 9.86. The van der Waals surface area contributed by atoms with Gasteiger partial charge in [-0.1, -0.05) is 13.0 Å². The quantitative estimate of drug-likeness (QED) is 0.883. The van der Waals surface area contributed by atoms with Crippen LogP contribution in [0.15, 0.2) is 47.4 Å². The largest absolute Gasteiger partial charge is 0.399 e. The number of sulfonamides is 1. The molecule has 0 aliphatic carbocycles. The number of anilines is 2. The summed E-state index contributed by atoms with van der Waals surface area (Å²) in [5, 5.41) is 0. The van der Waals surface area contributed by atoms with Crippen molar-refractivity contribution in [3.05, 3.63) is 53.8 Å². The highest BCUT2D eigenvalue weighted by molar-refractivity contribution is 7.92. The van der Waals surface area contributed by atoms with Crippen LogP contribution in [0, 0.1) is 5.82 Å². The smallest absolute Gasteiger partial charge is 0.264 e. The number of nitrogen functional groups attached to an aromatic ring is 1. The summed E-state index contributed by atoms with van der Waals surface area (Å²) in [6, 6.07) is 10.1. The molecule has 0 unspecified atom stereocenters. The van der Waals surface area contributed by atoms with Crippen LogP contribution in [-0.4, -0.2) is 15.5 Å². The number of nitrogens with zero attached hydrogens (tertiary/aromatic N) is 1. The molecule has 0 amide bonds. The summed E-state index contributed by atoms with van der Waals surface area (Å²) in [5.41, 5.74) is 7.17. The molecular formula is C15H17FN2O2S. The van der Waals surface area contributed by atoms with Gasteiger partial charge in [-0.25, -0.2) is 12.8 Å². The zero-order valence-corrected chi connectivity index (χ0v) is 12.7. The first-order valence-corrected chi connectivity index (χ1v) is 7.93. The molecule has 2 rings (SSSR count). The van der Waals surface area contributed by atoms with Crippen molar-refractivity contribution in [2.24, 2.45) is 0 Å². The van der Waals surface area contributed by atoms with E-state index in [2.05, 4.69) is 0 Å². The third-order valence-electron chi connectivity index (χ3n) is 3.30. The van der Waals surface area contributed by atoms with E-state index in [1.54, 1.807) is 12.1 Å². The van der Waals surface area contributed by atoms with Crippen LogP contribution < -0.4 is 10.0 Å². The van der Waals surface area contributed by atoms with Gasteiger partial charge >= 0.3 is 0 Å². The van der Waals surface area contributed by atoms with Crippen LogP contribution >= 0.6 is 0 Å². The third kappa shape index (κ3) is 3.00. The Hall–Kier alpha value is -2.08. The van der Waals surface area contributed by atoms with Crippen molar-refractivity contribution >= 4 is 21.4 Å². The minimum Gasteiger partial charge on any atom is -0.399 e. The molecule has 0 atom stereocenters. The van der Waals surface area contributed by atoms with E-state index in [4.69, 9.17) is 5.73 Å². The molecule has 0 spiro atoms. The average molecular weight is 308 g/mol. The van der Waals surface area contributed by atoms with Crippen LogP contribution in [0.1, 0.15) is 12.5 Å². The SMILES string of the molecule is CCc1ccc(N)cc1S(=O)(=O)N(C)c1ccc(F)cc1. The molecule has 0 aromatic heterocycles. The molecule has 6 heteroatoms. The van der Waals surface area contributed by atoms with Gasteiger partial charge in [0.1, 0.15) is 5.82 Å². The second kappa shape index (κ2) is 5.73. The normalized spacial score (nSPS) is 11.4. The summed E-state index contributed by atoms with van der Waals surface area (Å²) in [6.45, 7) is 1.88. The van der Waals surface area contributed by atoms with Gasteiger partial charge in [-0.15, -0.1) is 0 Å². The molecule has 4 nitrogen and oxygen atoms in total. The lowest BCUT2D eigenvalue weighted by molar-refractivity contribution is 0.593. The van der Waals surface area contributed by atoms with Crippen molar-refractivity contribution in [1.82, 2.24) is 0 Å². The molecule has 21 heavy (non-hydrogen) atoms. The van der Waals surface area contributed by atoms with Gasteiger partial charge in [-0.3, -0.25) is 4.31 Å². The Kier molecular flexibility index (Phi) is 4.18. The maximum atomic E-state index is 13.0. The van der Waals surface area contributed by atoms with E-state index >= 15 is 0 Å². The number of hydrogen-bond acceptors (Lipinski definition) is 3. The highest BCUT2D eigenvalue weighted by Crippen LogP contribution is 2.26. The van der Waals surface area contributed by atoms with Crippen LogP contribution in [0.4, 0.5) is 15.8 Å². The maximum absolute atomic E-state index is 13.0. The highest BCUT2D eigenvalue weighted by Gasteiger charge is 2.24. The second-order valence-electron chi connectivity index (χ2n) is 4.67. The molecule has 2 aromatic carbocycles. The van der Waals surface area contributed by atoms with Gasteiger partial charge < -0.3 is 5.73 Å².